The predicted octanol–water partition coefficient (Wildman–Crippen LogP) is 3.06. The van der Waals surface area contributed by atoms with Crippen LogP contribution in [0.15, 0.2) is 54.8 Å². The number of para-hydroxylation sites is 2. The Morgan fingerprint density at radius 1 is 0.828 bits per heavy atom. The maximum Gasteiger partial charge on any atom is 0.344 e. The highest BCUT2D eigenvalue weighted by Crippen LogP contribution is 2.46. The van der Waals surface area contributed by atoms with E-state index < -0.39 is 23.5 Å². The molecule has 7 nitrogen and oxygen atoms in total. The standard InChI is InChI=1S/C22H16O7/c1-9-5-3-7-11-16(23)14(21(25)27-17(9)11)13-15-19(29-20(13)24)12-8-4-6-10(2)18(12)28-22(15)26/h3-8,13,20,23-24H,1-2H3. The van der Waals surface area contributed by atoms with Gasteiger partial charge in [-0.25, -0.2) is 9.59 Å². The summed E-state index contributed by atoms with van der Waals surface area (Å²) in [5.74, 6) is -1.46. The number of fused-ring (bicyclic) bond motifs is 4. The number of rotatable bonds is 1. The van der Waals surface area contributed by atoms with Gasteiger partial charge in [0.15, 0.2) is 0 Å². The van der Waals surface area contributed by atoms with Crippen molar-refractivity contribution in [2.24, 2.45) is 0 Å². The first kappa shape index (κ1) is 17.5. The maximum atomic E-state index is 12.8. The molecule has 2 aromatic heterocycles. The minimum absolute atomic E-state index is 0.0230. The van der Waals surface area contributed by atoms with Gasteiger partial charge in [-0.2, -0.15) is 0 Å². The number of hydrogen-bond acceptors (Lipinski definition) is 7. The zero-order valence-corrected chi connectivity index (χ0v) is 15.6. The lowest BCUT2D eigenvalue weighted by Gasteiger charge is -2.15. The van der Waals surface area contributed by atoms with Crippen LogP contribution in [-0.2, 0) is 0 Å². The summed E-state index contributed by atoms with van der Waals surface area (Å²) in [5.41, 5.74) is 0.125. The molecule has 0 radical (unpaired) electrons. The highest BCUT2D eigenvalue weighted by molar-refractivity contribution is 5.89. The van der Waals surface area contributed by atoms with Gasteiger partial charge < -0.3 is 23.8 Å². The summed E-state index contributed by atoms with van der Waals surface area (Å²) in [6.45, 7) is 3.53. The van der Waals surface area contributed by atoms with E-state index in [0.717, 1.165) is 5.56 Å². The molecule has 0 fully saturated rings. The molecular formula is C22H16O7. The van der Waals surface area contributed by atoms with E-state index in [1.54, 1.807) is 50.2 Å². The lowest BCUT2D eigenvalue weighted by molar-refractivity contribution is -0.00987. The van der Waals surface area contributed by atoms with E-state index in [0.29, 0.717) is 21.9 Å². The molecule has 0 saturated heterocycles. The molecule has 0 bridgehead atoms. The van der Waals surface area contributed by atoms with Crippen LogP contribution in [-0.4, -0.2) is 16.5 Å². The van der Waals surface area contributed by atoms with E-state index in [1.807, 2.05) is 0 Å². The second-order valence-electron chi connectivity index (χ2n) is 7.17. The van der Waals surface area contributed by atoms with Crippen molar-refractivity contribution in [1.82, 2.24) is 0 Å². The van der Waals surface area contributed by atoms with Gasteiger partial charge in [0.05, 0.1) is 27.8 Å². The van der Waals surface area contributed by atoms with Crippen LogP contribution in [0.1, 0.15) is 28.2 Å². The van der Waals surface area contributed by atoms with Crippen molar-refractivity contribution in [3.63, 3.8) is 0 Å². The van der Waals surface area contributed by atoms with Crippen molar-refractivity contribution < 1.29 is 23.8 Å². The van der Waals surface area contributed by atoms with Crippen LogP contribution in [0, 0.1) is 13.8 Å². The summed E-state index contributed by atoms with van der Waals surface area (Å²) in [6.07, 6.45) is -1.56. The Balaban J connectivity index is 1.85. The van der Waals surface area contributed by atoms with Gasteiger partial charge in [-0.15, -0.1) is 0 Å². The first-order chi connectivity index (χ1) is 13.9. The minimum Gasteiger partial charge on any atom is -0.507 e. The summed E-state index contributed by atoms with van der Waals surface area (Å²) >= 11 is 0. The fourth-order valence-electron chi connectivity index (χ4n) is 4.00. The highest BCUT2D eigenvalue weighted by atomic mass is 16.6. The Morgan fingerprint density at radius 2 is 1.38 bits per heavy atom. The highest BCUT2D eigenvalue weighted by Gasteiger charge is 2.43. The van der Waals surface area contributed by atoms with Gasteiger partial charge in [-0.3, -0.25) is 0 Å². The van der Waals surface area contributed by atoms with Gasteiger partial charge >= 0.3 is 11.3 Å². The largest absolute Gasteiger partial charge is 0.507 e. The number of hydrogen-bond donors (Lipinski definition) is 2. The molecular weight excluding hydrogens is 376 g/mol. The third-order valence-electron chi connectivity index (χ3n) is 5.40. The van der Waals surface area contributed by atoms with E-state index in [9.17, 15) is 19.8 Å². The van der Waals surface area contributed by atoms with Crippen molar-refractivity contribution in [3.8, 4) is 11.5 Å². The molecule has 4 aromatic rings. The number of aliphatic hydroxyl groups is 1. The summed E-state index contributed by atoms with van der Waals surface area (Å²) in [7, 11) is 0. The molecule has 0 spiro atoms. The number of aromatic hydroxyl groups is 1. The molecule has 0 aliphatic carbocycles. The van der Waals surface area contributed by atoms with Crippen LogP contribution < -0.4 is 16.0 Å². The third kappa shape index (κ3) is 2.34. The van der Waals surface area contributed by atoms with Crippen molar-refractivity contribution in [2.75, 3.05) is 0 Å². The Kier molecular flexibility index (Phi) is 3.60. The van der Waals surface area contributed by atoms with Gasteiger partial charge in [0.1, 0.15) is 22.7 Å². The molecule has 7 heteroatoms. The second kappa shape index (κ2) is 5.96. The molecule has 1 aliphatic rings. The van der Waals surface area contributed by atoms with Crippen molar-refractivity contribution >= 4 is 21.9 Å². The quantitative estimate of drug-likeness (QED) is 0.479. The smallest absolute Gasteiger partial charge is 0.344 e. The van der Waals surface area contributed by atoms with E-state index >= 15 is 0 Å². The van der Waals surface area contributed by atoms with Gasteiger partial charge in [0.2, 0.25) is 6.29 Å². The predicted molar refractivity (Wildman–Crippen MR) is 105 cm³/mol. The first-order valence-electron chi connectivity index (χ1n) is 9.05. The lowest BCUT2D eigenvalue weighted by Crippen LogP contribution is -2.26. The van der Waals surface area contributed by atoms with Gasteiger partial charge in [-0.05, 0) is 37.1 Å². The minimum atomic E-state index is -1.56. The van der Waals surface area contributed by atoms with E-state index in [4.69, 9.17) is 13.6 Å². The molecule has 2 unspecified atom stereocenters. The molecule has 2 atom stereocenters. The molecule has 3 heterocycles. The monoisotopic (exact) mass is 392 g/mol. The topological polar surface area (TPSA) is 110 Å². The van der Waals surface area contributed by atoms with Crippen LogP contribution in [0.2, 0.25) is 0 Å². The zero-order valence-electron chi connectivity index (χ0n) is 15.6. The van der Waals surface area contributed by atoms with Crippen LogP contribution in [0.3, 0.4) is 0 Å². The Hall–Kier alpha value is -3.58. The maximum absolute atomic E-state index is 12.8. The first-order valence-corrected chi connectivity index (χ1v) is 9.05. The van der Waals surface area contributed by atoms with Crippen LogP contribution in [0.4, 0.5) is 0 Å². The summed E-state index contributed by atoms with van der Waals surface area (Å²) in [4.78, 5) is 25.5. The number of aliphatic hydroxyl groups excluding tert-OH is 1. The van der Waals surface area contributed by atoms with E-state index in [1.165, 1.54) is 0 Å². The fraction of sp³-hybridized carbons (Fsp3) is 0.182. The Bertz CT molecular complexity index is 1430. The van der Waals surface area contributed by atoms with Crippen LogP contribution in [0.5, 0.6) is 11.5 Å². The normalized spacial score (nSPS) is 18.2. The molecule has 2 N–H and O–H groups in total. The SMILES string of the molecule is Cc1cccc2c(O)c(C3c4c(c5cccc(C)c5oc4=O)OC3O)c(=O)oc12. The average Bonchev–Trinajstić information content (AvgIpc) is 3.02. The lowest BCUT2D eigenvalue weighted by atomic mass is 9.91. The van der Waals surface area contributed by atoms with Crippen molar-refractivity contribution in [2.45, 2.75) is 26.1 Å². The zero-order chi connectivity index (χ0) is 20.4. The van der Waals surface area contributed by atoms with Gasteiger partial charge in [0.25, 0.3) is 0 Å². The molecule has 1 aliphatic heterocycles. The van der Waals surface area contributed by atoms with Crippen LogP contribution in [0.25, 0.3) is 21.9 Å². The van der Waals surface area contributed by atoms with Crippen LogP contribution >= 0.6 is 0 Å². The molecule has 29 heavy (non-hydrogen) atoms. The molecule has 0 saturated carbocycles. The Morgan fingerprint density at radius 3 is 2.03 bits per heavy atom. The van der Waals surface area contributed by atoms with Crippen molar-refractivity contribution in [1.29, 1.82) is 0 Å². The van der Waals surface area contributed by atoms with E-state index in [2.05, 4.69) is 0 Å². The number of aryl methyl sites for hydroxylation is 2. The molecule has 0 amide bonds. The summed E-state index contributed by atoms with van der Waals surface area (Å²) in [5, 5.41) is 22.3. The average molecular weight is 392 g/mol. The van der Waals surface area contributed by atoms with Gasteiger partial charge in [-0.1, -0.05) is 24.3 Å². The second-order valence-corrected chi connectivity index (χ2v) is 7.17. The third-order valence-corrected chi connectivity index (χ3v) is 5.40. The van der Waals surface area contributed by atoms with Gasteiger partial charge in [0, 0.05) is 0 Å². The van der Waals surface area contributed by atoms with Crippen molar-refractivity contribution in [3.05, 3.63) is 79.5 Å². The number of benzene rings is 2. The summed E-state index contributed by atoms with van der Waals surface area (Å²) < 4.78 is 16.4. The molecule has 5 rings (SSSR count). The number of ether oxygens (including phenoxy) is 1. The Labute approximate surface area is 163 Å². The summed E-state index contributed by atoms with van der Waals surface area (Å²) in [6, 6.07) is 10.3. The van der Waals surface area contributed by atoms with E-state index in [-0.39, 0.29) is 28.2 Å². The fourth-order valence-corrected chi connectivity index (χ4v) is 4.00. The molecule has 2 aromatic carbocycles. The molecule has 146 valence electrons.